The van der Waals surface area contributed by atoms with Gasteiger partial charge in [0.05, 0.1) is 51.1 Å². The van der Waals surface area contributed by atoms with Crippen molar-refractivity contribution in [3.63, 3.8) is 0 Å². The van der Waals surface area contributed by atoms with Crippen LogP contribution in [0.15, 0.2) is 18.2 Å². The fourth-order valence-corrected chi connectivity index (χ4v) is 3.29. The van der Waals surface area contributed by atoms with E-state index in [4.69, 9.17) is 10.5 Å². The van der Waals surface area contributed by atoms with Crippen LogP contribution >= 0.6 is 0 Å². The highest BCUT2D eigenvalue weighted by Gasteiger charge is 2.47. The van der Waals surface area contributed by atoms with Gasteiger partial charge < -0.3 is 0 Å². The number of benzene rings is 2. The number of alkyl halides is 6. The zero-order valence-electron chi connectivity index (χ0n) is 17.1. The van der Waals surface area contributed by atoms with Crippen molar-refractivity contribution >= 4 is 11.1 Å². The van der Waals surface area contributed by atoms with Crippen molar-refractivity contribution in [2.75, 3.05) is 0 Å². The van der Waals surface area contributed by atoms with E-state index in [0.717, 1.165) is 0 Å². The van der Waals surface area contributed by atoms with E-state index in [-0.39, 0.29) is 6.07 Å². The smallest absolute Gasteiger partial charge is 0.192 e. The summed E-state index contributed by atoms with van der Waals surface area (Å²) in [7, 11) is 0. The van der Waals surface area contributed by atoms with Gasteiger partial charge in [0.1, 0.15) is 35.9 Å². The monoisotopic (exact) mass is 491 g/mol. The lowest BCUT2D eigenvalue weighted by molar-refractivity contribution is -0.162. The number of hydrogen-bond acceptors (Lipinski definition) is 7. The second-order valence-electron chi connectivity index (χ2n) is 6.57. The van der Waals surface area contributed by atoms with Crippen LogP contribution in [0.3, 0.4) is 0 Å². The summed E-state index contributed by atoms with van der Waals surface area (Å²) in [5.41, 5.74) is -11.9. The summed E-state index contributed by atoms with van der Waals surface area (Å²) in [6.07, 6.45) is -11.4. The van der Waals surface area contributed by atoms with E-state index in [0.29, 0.717) is 12.1 Å². The Balaban J connectivity index is 3.48. The minimum absolute atomic E-state index is 0.161. The first-order valence-electron chi connectivity index (χ1n) is 8.93. The average Bonchev–Trinajstić information content (AvgIpc) is 2.83. The first-order valence-corrected chi connectivity index (χ1v) is 8.93. The van der Waals surface area contributed by atoms with Gasteiger partial charge in [-0.15, -0.1) is 0 Å². The van der Waals surface area contributed by atoms with Crippen LogP contribution in [0.1, 0.15) is 38.9 Å². The Morgan fingerprint density at radius 3 is 1.44 bits per heavy atom. The first kappa shape index (κ1) is 26.4. The Morgan fingerprint density at radius 2 is 1.11 bits per heavy atom. The topological polar surface area (TPSA) is 167 Å². The Labute approximate surface area is 197 Å². The van der Waals surface area contributed by atoms with Gasteiger partial charge in [0, 0.05) is 10.8 Å². The normalized spacial score (nSPS) is 10.3. The predicted molar refractivity (Wildman–Crippen MR) is 104 cm³/mol. The van der Waals surface area contributed by atoms with Gasteiger partial charge in [0.25, 0.3) is 0 Å². The lowest BCUT2D eigenvalue weighted by atomic mass is 9.86. The van der Waals surface area contributed by atoms with Crippen molar-refractivity contribution in [3.8, 4) is 42.5 Å². The molecule has 0 N–H and O–H groups in total. The van der Waals surface area contributed by atoms with E-state index in [1.165, 1.54) is 42.5 Å². The maximum absolute atomic E-state index is 14.0. The van der Waals surface area contributed by atoms with Gasteiger partial charge in [-0.3, -0.25) is 0 Å². The quantitative estimate of drug-likeness (QED) is 0.552. The summed E-state index contributed by atoms with van der Waals surface area (Å²) in [6.45, 7) is 0. The van der Waals surface area contributed by atoms with E-state index in [1.54, 1.807) is 0 Å². The number of halogens is 6. The molecule has 36 heavy (non-hydrogen) atoms. The van der Waals surface area contributed by atoms with Gasteiger partial charge in [0.2, 0.25) is 0 Å². The van der Waals surface area contributed by atoms with Crippen LogP contribution < -0.4 is 10.4 Å². The number of rotatable bonds is 1. The van der Waals surface area contributed by atoms with Gasteiger partial charge in [-0.05, 0) is 23.4 Å². The molecule has 2 aromatic rings. The fourth-order valence-electron chi connectivity index (χ4n) is 3.29. The molecule has 0 atom stereocenters. The molecule has 0 unspecified atom stereocenters. The predicted octanol–water partition coefficient (Wildman–Crippen LogP) is 3.13. The third-order valence-corrected chi connectivity index (χ3v) is 4.65. The minimum Gasteiger partial charge on any atom is -0.192 e. The molecule has 2 rings (SSSR count). The molecule has 0 aromatic heterocycles. The summed E-state index contributed by atoms with van der Waals surface area (Å²) >= 11 is 0. The Hall–Kier alpha value is -5.81. The van der Waals surface area contributed by atoms with Crippen LogP contribution in [0.25, 0.3) is 11.1 Å². The molecule has 0 radical (unpaired) electrons. The molecule has 2 aromatic carbocycles. The van der Waals surface area contributed by atoms with E-state index in [2.05, 4.69) is 0 Å². The van der Waals surface area contributed by atoms with E-state index in [9.17, 15) is 52.7 Å². The molecule has 7 nitrogen and oxygen atoms in total. The number of nitrogens with zero attached hydrogens (tertiary/aromatic N) is 7. The van der Waals surface area contributed by atoms with Crippen molar-refractivity contribution in [1.29, 1.82) is 36.8 Å². The molecule has 0 bridgehead atoms. The van der Waals surface area contributed by atoms with Crippen molar-refractivity contribution in [3.05, 3.63) is 67.6 Å². The van der Waals surface area contributed by atoms with E-state index in [1.807, 2.05) is 0 Å². The summed E-state index contributed by atoms with van der Waals surface area (Å²) in [6, 6.07) is 10.7. The van der Waals surface area contributed by atoms with Gasteiger partial charge in [0.15, 0.2) is 0 Å². The van der Waals surface area contributed by atoms with E-state index < -0.39 is 72.9 Å². The summed E-state index contributed by atoms with van der Waals surface area (Å²) in [5, 5.41) is 64.2. The van der Waals surface area contributed by atoms with Gasteiger partial charge in [-0.1, -0.05) is 0 Å². The largest absolute Gasteiger partial charge is 0.417 e. The summed E-state index contributed by atoms with van der Waals surface area (Å²) < 4.78 is 82.7. The Bertz CT molecular complexity index is 1670. The average molecular weight is 491 g/mol. The highest BCUT2D eigenvalue weighted by molar-refractivity contribution is 5.85. The molecule has 0 saturated heterocycles. The maximum Gasteiger partial charge on any atom is 0.417 e. The van der Waals surface area contributed by atoms with Crippen LogP contribution in [-0.4, -0.2) is 0 Å². The van der Waals surface area contributed by atoms with Crippen LogP contribution in [0.2, 0.25) is 0 Å². The number of hydrogen-bond donors (Lipinski definition) is 0. The number of nitriles is 7. The SMILES string of the molecule is N#CC(c1c(C#N)c(C#N)cc(C(F)(F)F)c1C(F)(F)F)=c1cc(C#N)c(=C(C#N)C#N)c(C#N)c1. The second kappa shape index (κ2) is 9.59. The highest BCUT2D eigenvalue weighted by Crippen LogP contribution is 2.45. The second-order valence-corrected chi connectivity index (χ2v) is 6.57. The summed E-state index contributed by atoms with van der Waals surface area (Å²) in [4.78, 5) is 0. The van der Waals surface area contributed by atoms with Crippen LogP contribution in [0.5, 0.6) is 0 Å². The molecule has 0 aliphatic heterocycles. The van der Waals surface area contributed by atoms with Crippen molar-refractivity contribution in [1.82, 2.24) is 0 Å². The molecular weight excluding hydrogens is 488 g/mol. The molecule has 0 aliphatic carbocycles. The van der Waals surface area contributed by atoms with Gasteiger partial charge in [-0.2, -0.15) is 63.2 Å². The lowest BCUT2D eigenvalue weighted by Gasteiger charge is -2.21. The molecule has 0 aliphatic rings. The van der Waals surface area contributed by atoms with Crippen molar-refractivity contribution in [2.45, 2.75) is 12.4 Å². The first-order chi connectivity index (χ1) is 16.8. The molecule has 0 saturated carbocycles. The van der Waals surface area contributed by atoms with E-state index >= 15 is 0 Å². The molecule has 13 heteroatoms. The fraction of sp³-hybridized carbons (Fsp3) is 0.0870. The van der Waals surface area contributed by atoms with Crippen LogP contribution in [-0.2, 0) is 12.4 Å². The zero-order chi connectivity index (χ0) is 27.4. The molecule has 0 fully saturated rings. The minimum atomic E-state index is -5.78. The molecule has 0 spiro atoms. The third kappa shape index (κ3) is 4.48. The zero-order valence-corrected chi connectivity index (χ0v) is 17.1. The third-order valence-electron chi connectivity index (χ3n) is 4.65. The van der Waals surface area contributed by atoms with Crippen molar-refractivity contribution in [2.24, 2.45) is 0 Å². The standard InChI is InChI=1S/C23H3F6N7/c24-22(25,26)18-3-12(4-30)17(10-36)20(21(18)23(27,28)29)16(9-35)11-1-13(5-31)19(14(2-11)6-32)15(7-33)8-34/h1-3H. The Kier molecular flexibility index (Phi) is 7.04. The molecule has 172 valence electrons. The van der Waals surface area contributed by atoms with Gasteiger partial charge >= 0.3 is 12.4 Å². The Morgan fingerprint density at radius 1 is 0.611 bits per heavy atom. The molecule has 0 heterocycles. The maximum atomic E-state index is 14.0. The van der Waals surface area contributed by atoms with Crippen molar-refractivity contribution < 1.29 is 26.3 Å². The van der Waals surface area contributed by atoms with Crippen LogP contribution in [0, 0.1) is 79.3 Å². The molecule has 0 amide bonds. The summed E-state index contributed by atoms with van der Waals surface area (Å²) in [5.74, 6) is 0. The lowest BCUT2D eigenvalue weighted by Crippen LogP contribution is -2.24. The highest BCUT2D eigenvalue weighted by atomic mass is 19.4. The van der Waals surface area contributed by atoms with Crippen LogP contribution in [0.4, 0.5) is 26.3 Å². The van der Waals surface area contributed by atoms with Gasteiger partial charge in [-0.25, -0.2) is 0 Å². The molecular formula is C23H3F6N7.